The Morgan fingerprint density at radius 3 is 2.33 bits per heavy atom. The third kappa shape index (κ3) is 2.87. The summed E-state index contributed by atoms with van der Waals surface area (Å²) in [5.74, 6) is 0.198. The molecule has 0 atom stereocenters. The van der Waals surface area contributed by atoms with Gasteiger partial charge >= 0.3 is 0 Å². The van der Waals surface area contributed by atoms with Crippen molar-refractivity contribution >= 4 is 22.5 Å². The SMILES string of the molecule is O=C(Cn1ccc2ccccc21)N1CCN(c2ccccc2)CC1. The summed E-state index contributed by atoms with van der Waals surface area (Å²) in [4.78, 5) is 17.0. The number of anilines is 1. The molecule has 1 amide bonds. The number of aromatic nitrogens is 1. The van der Waals surface area contributed by atoms with E-state index < -0.39 is 0 Å². The summed E-state index contributed by atoms with van der Waals surface area (Å²) in [6.07, 6.45) is 2.00. The lowest BCUT2D eigenvalue weighted by molar-refractivity contribution is -0.132. The van der Waals surface area contributed by atoms with Crippen molar-refractivity contribution in [3.05, 3.63) is 66.9 Å². The number of benzene rings is 2. The van der Waals surface area contributed by atoms with Crippen LogP contribution in [0.2, 0.25) is 0 Å². The minimum Gasteiger partial charge on any atom is -0.368 e. The van der Waals surface area contributed by atoms with E-state index in [0.29, 0.717) is 6.54 Å². The minimum absolute atomic E-state index is 0.198. The van der Waals surface area contributed by atoms with Crippen LogP contribution in [0.15, 0.2) is 66.9 Å². The van der Waals surface area contributed by atoms with Crippen molar-refractivity contribution in [2.75, 3.05) is 31.1 Å². The maximum atomic E-state index is 12.6. The van der Waals surface area contributed by atoms with E-state index in [0.717, 1.165) is 31.7 Å². The van der Waals surface area contributed by atoms with Crippen molar-refractivity contribution < 1.29 is 4.79 Å². The molecule has 1 saturated heterocycles. The number of fused-ring (bicyclic) bond motifs is 1. The second-order valence-corrected chi connectivity index (χ2v) is 6.21. The van der Waals surface area contributed by atoms with Crippen LogP contribution in [0.5, 0.6) is 0 Å². The van der Waals surface area contributed by atoms with E-state index in [1.807, 2.05) is 33.9 Å². The lowest BCUT2D eigenvalue weighted by Gasteiger charge is -2.36. The van der Waals surface area contributed by atoms with E-state index in [-0.39, 0.29) is 5.91 Å². The number of rotatable bonds is 3. The van der Waals surface area contributed by atoms with Gasteiger partial charge in [-0.25, -0.2) is 0 Å². The molecule has 2 heterocycles. The number of carbonyl (C=O) groups excluding carboxylic acids is 1. The number of hydrogen-bond acceptors (Lipinski definition) is 2. The van der Waals surface area contributed by atoms with Gasteiger partial charge in [0.1, 0.15) is 6.54 Å². The molecule has 24 heavy (non-hydrogen) atoms. The summed E-state index contributed by atoms with van der Waals surface area (Å²) in [6.45, 7) is 3.77. The minimum atomic E-state index is 0.198. The van der Waals surface area contributed by atoms with E-state index in [2.05, 4.69) is 47.4 Å². The first-order valence-electron chi connectivity index (χ1n) is 8.43. The standard InChI is InChI=1S/C20H21N3O/c24-20(16-23-11-10-17-6-4-5-9-19(17)23)22-14-12-21(13-15-22)18-7-2-1-3-8-18/h1-11H,12-16H2. The third-order valence-electron chi connectivity index (χ3n) is 4.74. The Kier molecular flexibility index (Phi) is 3.95. The summed E-state index contributed by atoms with van der Waals surface area (Å²) in [6, 6.07) is 20.7. The molecule has 0 bridgehead atoms. The molecule has 4 nitrogen and oxygen atoms in total. The van der Waals surface area contributed by atoms with Crippen LogP contribution >= 0.6 is 0 Å². The fourth-order valence-corrected chi connectivity index (χ4v) is 3.38. The van der Waals surface area contributed by atoms with Crippen LogP contribution in [0.25, 0.3) is 10.9 Å². The largest absolute Gasteiger partial charge is 0.368 e. The van der Waals surface area contributed by atoms with E-state index in [9.17, 15) is 4.79 Å². The topological polar surface area (TPSA) is 28.5 Å². The molecule has 1 aliphatic rings. The van der Waals surface area contributed by atoms with Crippen molar-refractivity contribution in [2.24, 2.45) is 0 Å². The van der Waals surface area contributed by atoms with Gasteiger partial charge in [-0.3, -0.25) is 4.79 Å². The Morgan fingerprint density at radius 2 is 1.54 bits per heavy atom. The van der Waals surface area contributed by atoms with Crippen LogP contribution in [0.4, 0.5) is 5.69 Å². The van der Waals surface area contributed by atoms with E-state index in [1.165, 1.54) is 11.1 Å². The second kappa shape index (κ2) is 6.40. The molecule has 2 aromatic carbocycles. The molecule has 0 N–H and O–H groups in total. The maximum Gasteiger partial charge on any atom is 0.242 e. The maximum absolute atomic E-state index is 12.6. The Hall–Kier alpha value is -2.75. The van der Waals surface area contributed by atoms with Crippen molar-refractivity contribution in [1.82, 2.24) is 9.47 Å². The summed E-state index contributed by atoms with van der Waals surface area (Å²) < 4.78 is 2.04. The predicted molar refractivity (Wildman–Crippen MR) is 97.2 cm³/mol. The highest BCUT2D eigenvalue weighted by Crippen LogP contribution is 2.17. The smallest absolute Gasteiger partial charge is 0.242 e. The van der Waals surface area contributed by atoms with Crippen LogP contribution in [-0.4, -0.2) is 41.6 Å². The predicted octanol–water partition coefficient (Wildman–Crippen LogP) is 2.99. The fraction of sp³-hybridized carbons (Fsp3) is 0.250. The van der Waals surface area contributed by atoms with Gasteiger partial charge in [0.05, 0.1) is 0 Å². The molecule has 3 aromatic rings. The highest BCUT2D eigenvalue weighted by molar-refractivity contribution is 5.83. The molecule has 122 valence electrons. The zero-order valence-corrected chi connectivity index (χ0v) is 13.6. The first kappa shape index (κ1) is 14.8. The second-order valence-electron chi connectivity index (χ2n) is 6.21. The molecule has 4 heteroatoms. The normalized spacial score (nSPS) is 15.0. The van der Waals surface area contributed by atoms with Crippen LogP contribution in [0.1, 0.15) is 0 Å². The van der Waals surface area contributed by atoms with Crippen molar-refractivity contribution in [1.29, 1.82) is 0 Å². The molecule has 1 aromatic heterocycles. The molecular formula is C20H21N3O. The molecule has 1 fully saturated rings. The van der Waals surface area contributed by atoms with E-state index in [1.54, 1.807) is 0 Å². The number of nitrogens with zero attached hydrogens (tertiary/aromatic N) is 3. The first-order valence-corrected chi connectivity index (χ1v) is 8.43. The Bertz CT molecular complexity index is 832. The van der Waals surface area contributed by atoms with Gasteiger partial charge < -0.3 is 14.4 Å². The summed E-state index contributed by atoms with van der Waals surface area (Å²) in [7, 11) is 0. The van der Waals surface area contributed by atoms with Gasteiger partial charge in [0.25, 0.3) is 0 Å². The summed E-state index contributed by atoms with van der Waals surface area (Å²) in [5, 5.41) is 1.18. The van der Waals surface area contributed by atoms with Crippen molar-refractivity contribution in [2.45, 2.75) is 6.54 Å². The molecule has 0 aliphatic carbocycles. The molecule has 0 radical (unpaired) electrons. The molecule has 0 unspecified atom stereocenters. The van der Waals surface area contributed by atoms with Gasteiger partial charge in [-0.2, -0.15) is 0 Å². The number of carbonyl (C=O) groups is 1. The van der Waals surface area contributed by atoms with E-state index >= 15 is 0 Å². The number of para-hydroxylation sites is 2. The zero-order chi connectivity index (χ0) is 16.4. The number of hydrogen-bond donors (Lipinski definition) is 0. The van der Waals surface area contributed by atoms with Gasteiger partial charge in [-0.05, 0) is 29.7 Å². The van der Waals surface area contributed by atoms with Crippen LogP contribution in [0.3, 0.4) is 0 Å². The fourth-order valence-electron chi connectivity index (χ4n) is 3.38. The molecule has 0 saturated carbocycles. The van der Waals surface area contributed by atoms with Crippen molar-refractivity contribution in [3.8, 4) is 0 Å². The Balaban J connectivity index is 1.40. The highest BCUT2D eigenvalue weighted by atomic mass is 16.2. The van der Waals surface area contributed by atoms with E-state index in [4.69, 9.17) is 0 Å². The number of piperazine rings is 1. The number of amides is 1. The molecule has 1 aliphatic heterocycles. The lowest BCUT2D eigenvalue weighted by atomic mass is 10.2. The van der Waals surface area contributed by atoms with Crippen LogP contribution in [-0.2, 0) is 11.3 Å². The average molecular weight is 319 g/mol. The van der Waals surface area contributed by atoms with Gasteiger partial charge in [-0.1, -0.05) is 36.4 Å². The zero-order valence-electron chi connectivity index (χ0n) is 13.6. The van der Waals surface area contributed by atoms with Crippen LogP contribution in [0, 0.1) is 0 Å². The summed E-state index contributed by atoms with van der Waals surface area (Å²) >= 11 is 0. The van der Waals surface area contributed by atoms with Gasteiger partial charge in [0.15, 0.2) is 0 Å². The quantitative estimate of drug-likeness (QED) is 0.742. The Labute approximate surface area is 141 Å². The van der Waals surface area contributed by atoms with Gasteiger partial charge in [0.2, 0.25) is 5.91 Å². The highest BCUT2D eigenvalue weighted by Gasteiger charge is 2.21. The van der Waals surface area contributed by atoms with Crippen LogP contribution < -0.4 is 4.90 Å². The van der Waals surface area contributed by atoms with Gasteiger partial charge in [0, 0.05) is 43.6 Å². The molecule has 0 spiro atoms. The third-order valence-corrected chi connectivity index (χ3v) is 4.74. The van der Waals surface area contributed by atoms with Crippen molar-refractivity contribution in [3.63, 3.8) is 0 Å². The van der Waals surface area contributed by atoms with Gasteiger partial charge in [-0.15, -0.1) is 0 Å². The summed E-state index contributed by atoms with van der Waals surface area (Å²) in [5.41, 5.74) is 2.36. The average Bonchev–Trinajstić information content (AvgIpc) is 3.06. The first-order chi connectivity index (χ1) is 11.8. The molecular weight excluding hydrogens is 298 g/mol. The lowest BCUT2D eigenvalue weighted by Crippen LogP contribution is -2.49. The Morgan fingerprint density at radius 1 is 0.833 bits per heavy atom. The monoisotopic (exact) mass is 319 g/mol. The molecule has 4 rings (SSSR count).